The lowest BCUT2D eigenvalue weighted by Gasteiger charge is -2.21. The molecule has 0 aliphatic carbocycles. The predicted octanol–water partition coefficient (Wildman–Crippen LogP) is 3.12. The molecule has 0 saturated carbocycles. The Kier molecular flexibility index (Phi) is 16.1. The molecular weight excluding hydrogens is 353 g/mol. The van der Waals surface area contributed by atoms with Crippen molar-refractivity contribution in [3.8, 4) is 0 Å². The zero-order valence-corrected chi connectivity index (χ0v) is 15.6. The van der Waals surface area contributed by atoms with Crippen molar-refractivity contribution in [3.05, 3.63) is 0 Å². The topological polar surface area (TPSA) is 36.9 Å². The van der Waals surface area contributed by atoms with E-state index in [9.17, 15) is 0 Å². The Bertz CT molecular complexity index is 223. The molecule has 0 aromatic heterocycles. The standard InChI is InChI=1S/C14H31N3O.HI/c1-6-8-11-17(5)14(15-7-2)16-10-9-12-18-13(3)4;/h13H,6-12H2,1-5H3,(H,15,16);1H. The second-order valence-electron chi connectivity index (χ2n) is 4.78. The van der Waals surface area contributed by atoms with Crippen molar-refractivity contribution in [2.75, 3.05) is 33.3 Å². The minimum absolute atomic E-state index is 0. The fraction of sp³-hybridized carbons (Fsp3) is 0.929. The Morgan fingerprint density at radius 3 is 2.47 bits per heavy atom. The van der Waals surface area contributed by atoms with E-state index in [1.807, 2.05) is 0 Å². The zero-order chi connectivity index (χ0) is 13.8. The molecule has 0 aliphatic rings. The van der Waals surface area contributed by atoms with Crippen molar-refractivity contribution in [1.82, 2.24) is 10.2 Å². The third kappa shape index (κ3) is 12.7. The Balaban J connectivity index is 0. The summed E-state index contributed by atoms with van der Waals surface area (Å²) in [6, 6.07) is 0. The van der Waals surface area contributed by atoms with Crippen molar-refractivity contribution in [3.63, 3.8) is 0 Å². The summed E-state index contributed by atoms with van der Waals surface area (Å²) in [5, 5.41) is 3.33. The predicted molar refractivity (Wildman–Crippen MR) is 94.6 cm³/mol. The number of rotatable bonds is 9. The number of halogens is 1. The molecule has 0 fully saturated rings. The second kappa shape index (κ2) is 14.4. The van der Waals surface area contributed by atoms with Gasteiger partial charge < -0.3 is 15.0 Å². The molecule has 0 aromatic rings. The van der Waals surface area contributed by atoms with Gasteiger partial charge in [-0.25, -0.2) is 0 Å². The number of hydrogen-bond acceptors (Lipinski definition) is 2. The van der Waals surface area contributed by atoms with Crippen LogP contribution >= 0.6 is 24.0 Å². The van der Waals surface area contributed by atoms with Crippen LogP contribution < -0.4 is 5.32 Å². The number of nitrogens with zero attached hydrogens (tertiary/aromatic N) is 2. The van der Waals surface area contributed by atoms with Crippen LogP contribution in [-0.2, 0) is 4.74 Å². The van der Waals surface area contributed by atoms with Crippen LogP contribution in [0.25, 0.3) is 0 Å². The first-order chi connectivity index (χ1) is 8.61. The van der Waals surface area contributed by atoms with Gasteiger partial charge in [0, 0.05) is 33.3 Å². The first-order valence-corrected chi connectivity index (χ1v) is 7.22. The molecule has 0 bridgehead atoms. The minimum Gasteiger partial charge on any atom is -0.379 e. The Morgan fingerprint density at radius 2 is 1.95 bits per heavy atom. The summed E-state index contributed by atoms with van der Waals surface area (Å²) >= 11 is 0. The molecule has 0 saturated heterocycles. The highest BCUT2D eigenvalue weighted by Gasteiger charge is 2.03. The van der Waals surface area contributed by atoms with Gasteiger partial charge in [0.1, 0.15) is 0 Å². The third-order valence-electron chi connectivity index (χ3n) is 2.56. The van der Waals surface area contributed by atoms with Crippen LogP contribution in [0, 0.1) is 0 Å². The molecule has 0 rings (SSSR count). The van der Waals surface area contributed by atoms with Gasteiger partial charge in [-0.15, -0.1) is 24.0 Å². The van der Waals surface area contributed by atoms with Gasteiger partial charge in [0.05, 0.1) is 6.10 Å². The van der Waals surface area contributed by atoms with E-state index in [1.165, 1.54) is 12.8 Å². The van der Waals surface area contributed by atoms with E-state index >= 15 is 0 Å². The fourth-order valence-electron chi connectivity index (χ4n) is 1.54. The minimum atomic E-state index is 0. The first-order valence-electron chi connectivity index (χ1n) is 7.22. The van der Waals surface area contributed by atoms with Crippen LogP contribution in [0.4, 0.5) is 0 Å². The lowest BCUT2D eigenvalue weighted by atomic mass is 10.3. The average Bonchev–Trinajstić information content (AvgIpc) is 2.33. The van der Waals surface area contributed by atoms with Gasteiger partial charge in [-0.3, -0.25) is 4.99 Å². The molecule has 0 radical (unpaired) electrons. The number of nitrogens with one attached hydrogen (secondary N) is 1. The zero-order valence-electron chi connectivity index (χ0n) is 13.2. The maximum Gasteiger partial charge on any atom is 0.193 e. The van der Waals surface area contributed by atoms with Gasteiger partial charge in [0.25, 0.3) is 0 Å². The molecule has 4 nitrogen and oxygen atoms in total. The number of aliphatic imine (C=N–C) groups is 1. The normalized spacial score (nSPS) is 11.4. The Morgan fingerprint density at radius 1 is 1.26 bits per heavy atom. The van der Waals surface area contributed by atoms with E-state index < -0.39 is 0 Å². The highest BCUT2D eigenvalue weighted by Crippen LogP contribution is 1.95. The van der Waals surface area contributed by atoms with Crippen molar-refractivity contribution in [2.24, 2.45) is 4.99 Å². The van der Waals surface area contributed by atoms with Crippen molar-refractivity contribution in [2.45, 2.75) is 53.1 Å². The van der Waals surface area contributed by atoms with Crippen molar-refractivity contribution in [1.29, 1.82) is 0 Å². The summed E-state index contributed by atoms with van der Waals surface area (Å²) in [4.78, 5) is 6.82. The molecule has 5 heteroatoms. The molecule has 0 amide bonds. The lowest BCUT2D eigenvalue weighted by Crippen LogP contribution is -2.39. The summed E-state index contributed by atoms with van der Waals surface area (Å²) in [6.45, 7) is 12.0. The summed E-state index contributed by atoms with van der Waals surface area (Å²) in [6.07, 6.45) is 3.72. The monoisotopic (exact) mass is 385 g/mol. The molecule has 116 valence electrons. The van der Waals surface area contributed by atoms with Crippen molar-refractivity contribution >= 4 is 29.9 Å². The number of unbranched alkanes of at least 4 members (excludes halogenated alkanes) is 1. The highest BCUT2D eigenvalue weighted by atomic mass is 127. The summed E-state index contributed by atoms with van der Waals surface area (Å²) in [5.74, 6) is 1.01. The summed E-state index contributed by atoms with van der Waals surface area (Å²) < 4.78 is 5.51. The van der Waals surface area contributed by atoms with Gasteiger partial charge in [-0.1, -0.05) is 13.3 Å². The molecule has 0 aromatic carbocycles. The maximum absolute atomic E-state index is 5.51. The fourth-order valence-corrected chi connectivity index (χ4v) is 1.54. The molecule has 19 heavy (non-hydrogen) atoms. The van der Waals surface area contributed by atoms with Gasteiger partial charge in [-0.2, -0.15) is 0 Å². The number of hydrogen-bond donors (Lipinski definition) is 1. The molecule has 0 aliphatic heterocycles. The lowest BCUT2D eigenvalue weighted by molar-refractivity contribution is 0.0782. The number of guanidine groups is 1. The van der Waals surface area contributed by atoms with E-state index in [2.05, 4.69) is 50.0 Å². The quantitative estimate of drug-likeness (QED) is 0.287. The summed E-state index contributed by atoms with van der Waals surface area (Å²) in [7, 11) is 2.10. The van der Waals surface area contributed by atoms with E-state index in [0.29, 0.717) is 6.10 Å². The van der Waals surface area contributed by atoms with Crippen LogP contribution in [0.1, 0.15) is 47.0 Å². The average molecular weight is 385 g/mol. The number of ether oxygens (including phenoxy) is 1. The highest BCUT2D eigenvalue weighted by molar-refractivity contribution is 14.0. The second-order valence-corrected chi connectivity index (χ2v) is 4.78. The molecule has 0 atom stereocenters. The molecule has 0 unspecified atom stereocenters. The Labute approximate surface area is 136 Å². The van der Waals surface area contributed by atoms with Crippen LogP contribution in [0.3, 0.4) is 0 Å². The largest absolute Gasteiger partial charge is 0.379 e. The van der Waals surface area contributed by atoms with E-state index in [1.54, 1.807) is 0 Å². The first kappa shape index (κ1) is 21.3. The van der Waals surface area contributed by atoms with Gasteiger partial charge in [0.2, 0.25) is 0 Å². The van der Waals surface area contributed by atoms with Crippen LogP contribution in [0.2, 0.25) is 0 Å². The third-order valence-corrected chi connectivity index (χ3v) is 2.56. The smallest absolute Gasteiger partial charge is 0.193 e. The van der Waals surface area contributed by atoms with Gasteiger partial charge in [-0.05, 0) is 33.6 Å². The van der Waals surface area contributed by atoms with Crippen LogP contribution in [0.5, 0.6) is 0 Å². The molecule has 0 heterocycles. The van der Waals surface area contributed by atoms with Crippen LogP contribution in [0.15, 0.2) is 4.99 Å². The van der Waals surface area contributed by atoms with Gasteiger partial charge in [0.15, 0.2) is 5.96 Å². The van der Waals surface area contributed by atoms with Crippen LogP contribution in [-0.4, -0.2) is 50.3 Å². The van der Waals surface area contributed by atoms with Gasteiger partial charge >= 0.3 is 0 Å². The van der Waals surface area contributed by atoms with Crippen molar-refractivity contribution < 1.29 is 4.74 Å². The van der Waals surface area contributed by atoms with E-state index in [-0.39, 0.29) is 24.0 Å². The SMILES string of the molecule is CCCCN(C)C(=NCCCOC(C)C)NCC.I. The van der Waals surface area contributed by atoms with E-state index in [4.69, 9.17) is 4.74 Å². The Hall–Kier alpha value is -0.0400. The molecular formula is C14H32IN3O. The summed E-state index contributed by atoms with van der Waals surface area (Å²) in [5.41, 5.74) is 0. The molecule has 1 N–H and O–H groups in total. The molecule has 0 spiro atoms. The maximum atomic E-state index is 5.51. The van der Waals surface area contributed by atoms with E-state index in [0.717, 1.165) is 38.6 Å².